The number of aromatic nitrogens is 1. The highest BCUT2D eigenvalue weighted by Crippen LogP contribution is 2.30. The fraction of sp³-hybridized carbons (Fsp3) is 0.143. The lowest BCUT2D eigenvalue weighted by Crippen LogP contribution is -2.26. The molecule has 2 heterocycles. The summed E-state index contributed by atoms with van der Waals surface area (Å²) in [5.41, 5.74) is 0.614. The van der Waals surface area contributed by atoms with Crippen molar-refractivity contribution in [2.45, 2.75) is 0 Å². The van der Waals surface area contributed by atoms with Crippen LogP contribution in [0.1, 0.15) is 0 Å². The quantitative estimate of drug-likeness (QED) is 0.570. The van der Waals surface area contributed by atoms with Gasteiger partial charge in [-0.15, -0.1) is 0 Å². The molecule has 0 aliphatic carbocycles. The van der Waals surface area contributed by atoms with Crippen molar-refractivity contribution in [1.82, 2.24) is 4.98 Å². The Bertz CT molecular complexity index is 383. The van der Waals surface area contributed by atoms with Gasteiger partial charge in [-0.05, 0) is 44.6 Å². The second-order valence-corrected chi connectivity index (χ2v) is 4.33. The van der Waals surface area contributed by atoms with E-state index in [-0.39, 0.29) is 12.5 Å². The number of nitrogens with one attached hydrogen (secondary N) is 1. The largest absolute Gasteiger partial charge is 0.466 e. The van der Waals surface area contributed by atoms with Crippen LogP contribution in [0.25, 0.3) is 0 Å². The molecule has 4 nitrogen and oxygen atoms in total. The number of carbonyl (C=O) groups is 1. The van der Waals surface area contributed by atoms with Crippen LogP contribution in [0.5, 0.6) is 5.88 Å². The van der Waals surface area contributed by atoms with Gasteiger partial charge < -0.3 is 10.1 Å². The van der Waals surface area contributed by atoms with E-state index in [9.17, 15) is 4.79 Å². The smallest absolute Gasteiger partial charge is 0.262 e. The van der Waals surface area contributed by atoms with Crippen LogP contribution < -0.4 is 10.1 Å². The number of ether oxygens (including phenoxy) is 1. The van der Waals surface area contributed by atoms with E-state index in [1.807, 2.05) is 0 Å². The number of pyridine rings is 1. The summed E-state index contributed by atoms with van der Waals surface area (Å²) in [5.74, 6) is 0.328. The zero-order valence-corrected chi connectivity index (χ0v) is 10.0. The summed E-state index contributed by atoms with van der Waals surface area (Å²) < 4.78 is 6.78. The molecule has 0 bridgehead atoms. The Morgan fingerprint density at radius 3 is 3.23 bits per heavy atom. The van der Waals surface area contributed by atoms with Gasteiger partial charge in [0.25, 0.3) is 5.91 Å². The van der Waals surface area contributed by atoms with Gasteiger partial charge in [0.05, 0.1) is 4.47 Å². The number of rotatable bonds is 0. The minimum Gasteiger partial charge on any atom is -0.466 e. The molecule has 6 heteroatoms. The summed E-state index contributed by atoms with van der Waals surface area (Å²) in [6.45, 7) is 0.0394. The Morgan fingerprint density at radius 2 is 2.46 bits per heavy atom. The predicted molar refractivity (Wildman–Crippen MR) is 58.8 cm³/mol. The number of anilines is 1. The van der Waals surface area contributed by atoms with Gasteiger partial charge in [0.15, 0.2) is 6.61 Å². The maximum atomic E-state index is 10.9. The molecular weight excluding hydrogens is 351 g/mol. The third-order valence-electron chi connectivity index (χ3n) is 1.51. The molecule has 0 atom stereocenters. The van der Waals surface area contributed by atoms with Crippen LogP contribution in [0, 0.1) is 3.70 Å². The third kappa shape index (κ3) is 1.78. The Hall–Kier alpha value is -0.370. The first kappa shape index (κ1) is 9.20. The molecule has 1 N–H and O–H groups in total. The number of amides is 1. The second kappa shape index (κ2) is 3.41. The summed E-state index contributed by atoms with van der Waals surface area (Å²) in [5, 5.41) is 2.67. The minimum absolute atomic E-state index is 0.0394. The molecule has 1 aliphatic heterocycles. The molecule has 0 aromatic carbocycles. The lowest BCUT2D eigenvalue weighted by Gasteiger charge is -2.16. The van der Waals surface area contributed by atoms with Gasteiger partial charge in [-0.2, -0.15) is 0 Å². The van der Waals surface area contributed by atoms with Crippen LogP contribution in [0.4, 0.5) is 5.69 Å². The van der Waals surface area contributed by atoms with Crippen LogP contribution in [0.3, 0.4) is 0 Å². The van der Waals surface area contributed by atoms with Crippen LogP contribution in [-0.2, 0) is 4.79 Å². The number of fused-ring (bicyclic) bond motifs is 1. The van der Waals surface area contributed by atoms with Gasteiger partial charge in [-0.1, -0.05) is 0 Å². The molecule has 0 fully saturated rings. The van der Waals surface area contributed by atoms with E-state index in [1.54, 1.807) is 6.07 Å². The first-order chi connectivity index (χ1) is 6.16. The summed E-state index contributed by atoms with van der Waals surface area (Å²) in [7, 11) is 0. The topological polar surface area (TPSA) is 51.2 Å². The number of hydrogen-bond acceptors (Lipinski definition) is 3. The summed E-state index contributed by atoms with van der Waals surface area (Å²) in [4.78, 5) is 15.1. The van der Waals surface area contributed by atoms with Gasteiger partial charge in [0, 0.05) is 0 Å². The van der Waals surface area contributed by atoms with Crippen molar-refractivity contribution in [1.29, 1.82) is 0 Å². The summed E-state index contributed by atoms with van der Waals surface area (Å²) in [6.07, 6.45) is 0. The van der Waals surface area contributed by atoms with E-state index in [1.165, 1.54) is 0 Å². The second-order valence-electron chi connectivity index (χ2n) is 2.45. The minimum atomic E-state index is -0.151. The van der Waals surface area contributed by atoms with Crippen molar-refractivity contribution in [3.63, 3.8) is 0 Å². The molecule has 0 unspecified atom stereocenters. The van der Waals surface area contributed by atoms with Gasteiger partial charge in [0.2, 0.25) is 5.88 Å². The van der Waals surface area contributed by atoms with Crippen molar-refractivity contribution in [3.05, 3.63) is 14.2 Å². The highest BCUT2D eigenvalue weighted by Gasteiger charge is 2.18. The van der Waals surface area contributed by atoms with Gasteiger partial charge in [-0.25, -0.2) is 4.98 Å². The molecule has 1 aliphatic rings. The fourth-order valence-electron chi connectivity index (χ4n) is 0.971. The van der Waals surface area contributed by atoms with Crippen molar-refractivity contribution in [2.24, 2.45) is 0 Å². The molecule has 1 aromatic rings. The number of halogens is 2. The predicted octanol–water partition coefficient (Wildman–Crippen LogP) is 1.78. The monoisotopic (exact) mass is 354 g/mol. The number of hydrogen-bond donors (Lipinski definition) is 1. The van der Waals surface area contributed by atoms with Crippen LogP contribution in [0.2, 0.25) is 0 Å². The highest BCUT2D eigenvalue weighted by molar-refractivity contribution is 14.1. The van der Waals surface area contributed by atoms with Gasteiger partial charge in [0.1, 0.15) is 9.39 Å². The SMILES string of the molecule is O=C1COc2nc(I)c(Br)cc2N1. The molecular formula is C7H4BrIN2O2. The van der Waals surface area contributed by atoms with Crippen LogP contribution >= 0.6 is 38.5 Å². The van der Waals surface area contributed by atoms with Crippen molar-refractivity contribution >= 4 is 50.1 Å². The van der Waals surface area contributed by atoms with Crippen LogP contribution in [-0.4, -0.2) is 17.5 Å². The Morgan fingerprint density at radius 1 is 1.69 bits per heavy atom. The van der Waals surface area contributed by atoms with Gasteiger partial charge in [-0.3, -0.25) is 4.79 Å². The fourth-order valence-corrected chi connectivity index (χ4v) is 1.66. The Balaban J connectivity index is 2.49. The molecule has 2 rings (SSSR count). The Labute approximate surface area is 96.3 Å². The first-order valence-electron chi connectivity index (χ1n) is 3.45. The van der Waals surface area contributed by atoms with Crippen molar-refractivity contribution in [3.8, 4) is 5.88 Å². The zero-order valence-electron chi connectivity index (χ0n) is 6.30. The van der Waals surface area contributed by atoms with Crippen LogP contribution in [0.15, 0.2) is 10.5 Å². The molecule has 0 spiro atoms. The molecule has 0 saturated carbocycles. The highest BCUT2D eigenvalue weighted by atomic mass is 127. The maximum Gasteiger partial charge on any atom is 0.262 e. The third-order valence-corrected chi connectivity index (χ3v) is 3.68. The molecule has 13 heavy (non-hydrogen) atoms. The number of nitrogens with zero attached hydrogens (tertiary/aromatic N) is 1. The molecule has 1 amide bonds. The summed E-state index contributed by atoms with van der Waals surface area (Å²) >= 11 is 5.40. The van der Waals surface area contributed by atoms with E-state index < -0.39 is 0 Å². The lowest BCUT2D eigenvalue weighted by molar-refractivity contribution is -0.118. The number of carbonyl (C=O) groups excluding carboxylic acids is 1. The average Bonchev–Trinajstić information content (AvgIpc) is 2.08. The van der Waals surface area contributed by atoms with E-state index in [0.717, 1.165) is 8.17 Å². The van der Waals surface area contributed by atoms with Gasteiger partial charge >= 0.3 is 0 Å². The van der Waals surface area contributed by atoms with E-state index in [2.05, 4.69) is 48.8 Å². The lowest BCUT2D eigenvalue weighted by atomic mass is 10.3. The van der Waals surface area contributed by atoms with Crippen molar-refractivity contribution < 1.29 is 9.53 Å². The van der Waals surface area contributed by atoms with E-state index in [0.29, 0.717) is 11.6 Å². The standard InChI is InChI=1S/C7H4BrIN2O2/c8-3-1-4-7(11-6(3)9)13-2-5(12)10-4/h1H,2H2,(H,10,12). The first-order valence-corrected chi connectivity index (χ1v) is 5.32. The normalized spacial score (nSPS) is 14.5. The zero-order chi connectivity index (χ0) is 9.42. The average molecular weight is 355 g/mol. The van der Waals surface area contributed by atoms with Crippen molar-refractivity contribution in [2.75, 3.05) is 11.9 Å². The van der Waals surface area contributed by atoms with E-state index >= 15 is 0 Å². The Kier molecular flexibility index (Phi) is 2.41. The summed E-state index contributed by atoms with van der Waals surface area (Å²) in [6, 6.07) is 1.78. The molecule has 0 saturated heterocycles. The molecule has 68 valence electrons. The molecule has 1 aromatic heterocycles. The maximum absolute atomic E-state index is 10.9. The molecule has 0 radical (unpaired) electrons. The van der Waals surface area contributed by atoms with E-state index in [4.69, 9.17) is 4.74 Å².